The summed E-state index contributed by atoms with van der Waals surface area (Å²) in [7, 11) is 0. The van der Waals surface area contributed by atoms with Crippen LogP contribution in [0.2, 0.25) is 5.09 Å². The molecule has 4 heavy (non-hydrogen) atoms. The van der Waals surface area contributed by atoms with E-state index in [1.807, 2.05) is 6.08 Å². The Kier molecular flexibility index (Phi) is 3.62. The van der Waals surface area contributed by atoms with Crippen LogP contribution < -0.4 is 0 Å². The molecule has 0 radical (unpaired) electrons. The molecule has 0 bridgehead atoms. The molecule has 0 atom stereocenters. The molecule has 0 amide bonds. The van der Waals surface area contributed by atoms with Crippen molar-refractivity contribution in [3.63, 3.8) is 0 Å². The molecule has 0 aliphatic rings. The van der Waals surface area contributed by atoms with Crippen molar-refractivity contribution in [3.05, 3.63) is 12.7 Å². The molecule has 18 valence electrons. The first-order valence-corrected chi connectivity index (χ1v) is 1.52. The van der Waals surface area contributed by atoms with Gasteiger partial charge in [0, 0.05) is 0 Å². The summed E-state index contributed by atoms with van der Waals surface area (Å²) in [6, 6.07) is 0. The van der Waals surface area contributed by atoms with Crippen molar-refractivity contribution in [2.24, 2.45) is 0 Å². The molecule has 0 saturated carbocycles. The topological polar surface area (TPSA) is 0 Å². The monoisotopic (exact) mass is 48.1 g/mol. The fourth-order valence-electron chi connectivity index (χ4n) is 0. The van der Waals surface area contributed by atoms with E-state index < -0.39 is 0 Å². The van der Waals surface area contributed by atoms with Gasteiger partial charge in [-0.3, -0.25) is 0 Å². The van der Waals surface area contributed by atoms with E-state index in [0.29, 0.717) is 0 Å². The van der Waals surface area contributed by atoms with Crippen molar-refractivity contribution >= 4 is 17.7 Å². The van der Waals surface area contributed by atoms with Crippen molar-refractivity contribution in [2.45, 2.75) is 5.09 Å². The van der Waals surface area contributed by atoms with Gasteiger partial charge < -0.3 is 0 Å². The molecule has 0 aromatic carbocycles. The Morgan fingerprint density at radius 3 is 2.25 bits per heavy atom. The molecule has 0 unspecified atom stereocenters. The summed E-state index contributed by atoms with van der Waals surface area (Å²) in [5.74, 6) is 0. The van der Waals surface area contributed by atoms with Gasteiger partial charge >= 0.3 is 35.5 Å². The average molecular weight is 48.0 g/mol. The van der Waals surface area contributed by atoms with Crippen LogP contribution >= 0.6 is 0 Å². The van der Waals surface area contributed by atoms with Crippen LogP contribution in [0.25, 0.3) is 0 Å². The van der Waals surface area contributed by atoms with E-state index in [9.17, 15) is 0 Å². The molecule has 0 aliphatic carbocycles. The van der Waals surface area contributed by atoms with E-state index in [4.69, 9.17) is 0 Å². The third-order valence-electron chi connectivity index (χ3n) is 0.289. The van der Waals surface area contributed by atoms with Crippen molar-refractivity contribution < 1.29 is 0 Å². The molecule has 0 fully saturated rings. The second-order valence-electron chi connectivity index (χ2n) is 0.697. The predicted octanol–water partition coefficient (Wildman–Crippen LogP) is 0.759. The second kappa shape index (κ2) is 3.34. The van der Waals surface area contributed by atoms with Gasteiger partial charge in [-0.1, -0.05) is 0 Å². The Balaban J connectivity index is 2.30. The van der Waals surface area contributed by atoms with Crippen LogP contribution in [0.5, 0.6) is 0 Å². The molecular weight excluding hydrogens is 43.0 g/mol. The van der Waals surface area contributed by atoms with Crippen LogP contribution in [0.3, 0.4) is 0 Å². The fourth-order valence-corrected chi connectivity index (χ4v) is 0. The normalized spacial score (nSPS) is 6.50. The van der Waals surface area contributed by atoms with E-state index in [0.717, 1.165) is 5.09 Å². The molecule has 0 N–H and O–H groups in total. The van der Waals surface area contributed by atoms with E-state index in [1.54, 1.807) is 0 Å². The maximum absolute atomic E-state index is 3.48. The fraction of sp³-hybridized carbons (Fsp3) is 0.333. The minimum atomic E-state index is 1.08. The maximum atomic E-state index is 3.48. The van der Waals surface area contributed by atoms with Crippen LogP contribution in [0.4, 0.5) is 0 Å². The molecule has 0 aromatic heterocycles. The second-order valence-corrected chi connectivity index (χ2v) is 0.697. The molecule has 0 nitrogen and oxygen atoms in total. The number of rotatable bonds is 1. The summed E-state index contributed by atoms with van der Waals surface area (Å²) < 4.78 is 0. The van der Waals surface area contributed by atoms with Gasteiger partial charge in [0.25, 0.3) is 0 Å². The third kappa shape index (κ3) is 2.34. The molecule has 0 rings (SSSR count). The Hall–Kier alpha value is 0.337. The summed E-state index contributed by atoms with van der Waals surface area (Å²) in [5, 5.41) is 1.08. The minimum absolute atomic E-state index is 1.08. The zero-order valence-corrected chi connectivity index (χ0v) is 2.99. The van der Waals surface area contributed by atoms with E-state index in [2.05, 4.69) is 24.3 Å². The predicted molar refractivity (Wildman–Crippen MR) is 20.8 cm³/mol. The van der Waals surface area contributed by atoms with Gasteiger partial charge in [0.1, 0.15) is 0 Å². The average Bonchev–Trinajstić information content (AvgIpc) is 1.37. The molecule has 0 aromatic rings. The van der Waals surface area contributed by atoms with Gasteiger partial charge in [-0.2, -0.15) is 0 Å². The van der Waals surface area contributed by atoms with Gasteiger partial charge in [-0.15, -0.1) is 0 Å². The van der Waals surface area contributed by atoms with Crippen LogP contribution in [-0.4, -0.2) is 17.7 Å². The third-order valence-corrected chi connectivity index (χ3v) is 0.289. The summed E-state index contributed by atoms with van der Waals surface area (Å²) in [6.07, 6.45) is 1.88. The zero-order valence-electron chi connectivity index (χ0n) is 2.99. The summed E-state index contributed by atoms with van der Waals surface area (Å²) >= 11 is 2.06. The molecule has 0 spiro atoms. The number of hydrogen-bond donors (Lipinski definition) is 0. The van der Waals surface area contributed by atoms with Gasteiger partial charge in [0.15, 0.2) is 0 Å². The van der Waals surface area contributed by atoms with Crippen molar-refractivity contribution in [1.82, 2.24) is 0 Å². The molecule has 0 heterocycles. The Bertz CT molecular complexity index is 17.2. The first kappa shape index (κ1) is 4.34. The Labute approximate surface area is 36.1 Å². The Morgan fingerprint density at radius 1 is 2.00 bits per heavy atom. The first-order chi connectivity index (χ1) is 1.91. The van der Waals surface area contributed by atoms with Crippen molar-refractivity contribution in [2.75, 3.05) is 0 Å². The first-order valence-electron chi connectivity index (χ1n) is 1.52. The molecule has 1 heteroatoms. The van der Waals surface area contributed by atoms with Crippen LogP contribution in [0.15, 0.2) is 12.7 Å². The molecule has 0 saturated heterocycles. The van der Waals surface area contributed by atoms with Crippen molar-refractivity contribution in [1.29, 1.82) is 0 Å². The zero-order chi connectivity index (χ0) is 3.41. The SMILES string of the molecule is [Li][CH2]C=C. The van der Waals surface area contributed by atoms with Crippen LogP contribution in [0.1, 0.15) is 0 Å². The van der Waals surface area contributed by atoms with Gasteiger partial charge in [0.2, 0.25) is 0 Å². The Morgan fingerprint density at radius 2 is 2.25 bits per heavy atom. The van der Waals surface area contributed by atoms with E-state index >= 15 is 0 Å². The van der Waals surface area contributed by atoms with Gasteiger partial charge in [-0.25, -0.2) is 0 Å². The summed E-state index contributed by atoms with van der Waals surface area (Å²) in [5.41, 5.74) is 0. The number of hydrogen-bond acceptors (Lipinski definition) is 0. The van der Waals surface area contributed by atoms with Gasteiger partial charge in [0.05, 0.1) is 0 Å². The molecule has 0 aliphatic heterocycles. The molecular formula is C3H5Li. The summed E-state index contributed by atoms with van der Waals surface area (Å²) in [4.78, 5) is 0. The van der Waals surface area contributed by atoms with Crippen LogP contribution in [0, 0.1) is 0 Å². The standard InChI is InChI=1S/C3H5.Li/c1-3-2;/h3H,1-2H2;. The van der Waals surface area contributed by atoms with E-state index in [-0.39, 0.29) is 0 Å². The number of allylic oxidation sites excluding steroid dienone is 1. The van der Waals surface area contributed by atoms with E-state index in [1.165, 1.54) is 0 Å². The van der Waals surface area contributed by atoms with Gasteiger partial charge in [-0.05, 0) is 0 Å². The quantitative estimate of drug-likeness (QED) is 0.303. The van der Waals surface area contributed by atoms with Crippen molar-refractivity contribution in [3.8, 4) is 0 Å². The van der Waals surface area contributed by atoms with Crippen LogP contribution in [-0.2, 0) is 0 Å². The summed E-state index contributed by atoms with van der Waals surface area (Å²) in [6.45, 7) is 3.48.